The minimum atomic E-state index is -4.61. The Morgan fingerprint density at radius 2 is 1.95 bits per heavy atom. The number of hydrogen-bond acceptors (Lipinski definition) is 3. The largest absolute Gasteiger partial charge is 0.522 e. The fraction of sp³-hybridized carbons (Fsp3) is 0.917. The van der Waals surface area contributed by atoms with Gasteiger partial charge < -0.3 is 10.5 Å². The van der Waals surface area contributed by atoms with Gasteiger partial charge in [0.25, 0.3) is 0 Å². The van der Waals surface area contributed by atoms with Gasteiger partial charge in [-0.2, -0.15) is 0 Å². The highest BCUT2D eigenvalue weighted by molar-refractivity contribution is 5.78. The first-order chi connectivity index (χ1) is 8.81. The van der Waals surface area contributed by atoms with Gasteiger partial charge in [0.2, 0.25) is 5.91 Å². The van der Waals surface area contributed by atoms with Gasteiger partial charge in [-0.3, -0.25) is 9.53 Å². The Morgan fingerprint density at radius 1 is 1.32 bits per heavy atom. The first kappa shape index (κ1) is 16.2. The van der Waals surface area contributed by atoms with Gasteiger partial charge in [0.05, 0.1) is 12.2 Å². The Balaban J connectivity index is 2.24. The summed E-state index contributed by atoms with van der Waals surface area (Å²) >= 11 is 0. The van der Waals surface area contributed by atoms with E-state index in [-0.39, 0.29) is 18.9 Å². The average Bonchev–Trinajstić information content (AvgIpc) is 2.22. The van der Waals surface area contributed by atoms with Crippen LogP contribution in [0.4, 0.5) is 13.2 Å². The molecular weight excluding hydrogens is 263 g/mol. The summed E-state index contributed by atoms with van der Waals surface area (Å²) in [5, 5.41) is 0. The fourth-order valence-electron chi connectivity index (χ4n) is 2.00. The van der Waals surface area contributed by atoms with E-state index in [2.05, 4.69) is 4.74 Å². The molecule has 0 aromatic carbocycles. The molecule has 4 nitrogen and oxygen atoms in total. The molecule has 1 aliphatic carbocycles. The molecule has 0 spiro atoms. The van der Waals surface area contributed by atoms with Crippen molar-refractivity contribution in [1.29, 1.82) is 0 Å². The lowest BCUT2D eigenvalue weighted by Crippen LogP contribution is -2.45. The summed E-state index contributed by atoms with van der Waals surface area (Å²) in [5.41, 5.74) is 5.21. The predicted molar refractivity (Wildman–Crippen MR) is 62.2 cm³/mol. The van der Waals surface area contributed by atoms with Crippen molar-refractivity contribution in [1.82, 2.24) is 0 Å². The van der Waals surface area contributed by atoms with Gasteiger partial charge in [0, 0.05) is 12.8 Å². The van der Waals surface area contributed by atoms with Crippen LogP contribution in [0.2, 0.25) is 0 Å². The van der Waals surface area contributed by atoms with E-state index in [1.807, 2.05) is 6.92 Å². The van der Waals surface area contributed by atoms with Crippen molar-refractivity contribution < 1.29 is 27.4 Å². The molecule has 0 bridgehead atoms. The summed E-state index contributed by atoms with van der Waals surface area (Å²) < 4.78 is 45.0. The first-order valence-corrected chi connectivity index (χ1v) is 6.51. The maximum atomic E-state index is 11.9. The molecule has 1 amide bonds. The second kappa shape index (κ2) is 7.09. The zero-order valence-corrected chi connectivity index (χ0v) is 10.9. The highest BCUT2D eigenvalue weighted by Crippen LogP contribution is 2.33. The molecule has 0 aromatic rings. The van der Waals surface area contributed by atoms with Crippen LogP contribution < -0.4 is 5.73 Å². The van der Waals surface area contributed by atoms with Crippen molar-refractivity contribution in [2.24, 2.45) is 5.73 Å². The third-order valence-corrected chi connectivity index (χ3v) is 3.10. The molecule has 1 fully saturated rings. The van der Waals surface area contributed by atoms with E-state index >= 15 is 0 Å². The van der Waals surface area contributed by atoms with Crippen molar-refractivity contribution in [2.45, 2.75) is 70.1 Å². The van der Waals surface area contributed by atoms with Crippen LogP contribution in [0.15, 0.2) is 0 Å². The second-order valence-electron chi connectivity index (χ2n) is 4.80. The molecule has 1 saturated carbocycles. The predicted octanol–water partition coefficient (Wildman–Crippen LogP) is 2.50. The third-order valence-electron chi connectivity index (χ3n) is 3.10. The van der Waals surface area contributed by atoms with E-state index in [1.165, 1.54) is 0 Å². The third kappa shape index (κ3) is 6.24. The molecule has 0 aliphatic heterocycles. The van der Waals surface area contributed by atoms with Gasteiger partial charge in [-0.05, 0) is 6.42 Å². The molecule has 0 saturated heterocycles. The van der Waals surface area contributed by atoms with Crippen molar-refractivity contribution in [3.8, 4) is 0 Å². The van der Waals surface area contributed by atoms with Crippen LogP contribution in [0.1, 0.15) is 45.4 Å². The van der Waals surface area contributed by atoms with Crippen LogP contribution in [0.5, 0.6) is 0 Å². The standard InChI is InChI=1S/C12H20F3NO3/c1-2-3-4-5-10(11(16)17)18-8-6-9(7-8)19-12(13,14)15/h8-10H,2-7H2,1H3,(H2,16,17). The highest BCUT2D eigenvalue weighted by Gasteiger charge is 2.41. The average molecular weight is 283 g/mol. The monoisotopic (exact) mass is 283 g/mol. The van der Waals surface area contributed by atoms with Gasteiger partial charge in [-0.25, -0.2) is 0 Å². The van der Waals surface area contributed by atoms with Crippen LogP contribution >= 0.6 is 0 Å². The van der Waals surface area contributed by atoms with E-state index in [4.69, 9.17) is 10.5 Å². The molecule has 1 atom stereocenters. The van der Waals surface area contributed by atoms with Gasteiger partial charge >= 0.3 is 6.36 Å². The van der Waals surface area contributed by atoms with E-state index < -0.39 is 24.5 Å². The molecule has 0 aromatic heterocycles. The fourth-order valence-corrected chi connectivity index (χ4v) is 2.00. The lowest BCUT2D eigenvalue weighted by molar-refractivity contribution is -0.357. The number of alkyl halides is 3. The SMILES string of the molecule is CCCCCC(OC1CC(OC(F)(F)F)C1)C(N)=O. The lowest BCUT2D eigenvalue weighted by Gasteiger charge is -2.36. The summed E-state index contributed by atoms with van der Waals surface area (Å²) in [6, 6.07) is 0. The number of halogens is 3. The number of carbonyl (C=O) groups is 1. The quantitative estimate of drug-likeness (QED) is 0.696. The van der Waals surface area contributed by atoms with Crippen molar-refractivity contribution >= 4 is 5.91 Å². The number of amides is 1. The number of unbranched alkanes of at least 4 members (excludes halogenated alkanes) is 2. The topological polar surface area (TPSA) is 61.6 Å². The van der Waals surface area contributed by atoms with Crippen LogP contribution in [-0.2, 0) is 14.3 Å². The summed E-state index contributed by atoms with van der Waals surface area (Å²) in [5.74, 6) is -0.559. The van der Waals surface area contributed by atoms with E-state index in [0.717, 1.165) is 19.3 Å². The molecule has 1 aliphatic rings. The summed E-state index contributed by atoms with van der Waals surface area (Å²) in [6.45, 7) is 2.03. The van der Waals surface area contributed by atoms with Gasteiger partial charge in [-0.1, -0.05) is 26.2 Å². The van der Waals surface area contributed by atoms with Crippen molar-refractivity contribution in [2.75, 3.05) is 0 Å². The maximum Gasteiger partial charge on any atom is 0.522 e. The Hall–Kier alpha value is -0.820. The molecular formula is C12H20F3NO3. The molecule has 112 valence electrons. The molecule has 19 heavy (non-hydrogen) atoms. The van der Waals surface area contributed by atoms with Crippen LogP contribution in [0, 0.1) is 0 Å². The molecule has 7 heteroatoms. The van der Waals surface area contributed by atoms with Gasteiger partial charge in [0.15, 0.2) is 0 Å². The zero-order chi connectivity index (χ0) is 14.5. The number of carbonyl (C=O) groups excluding carboxylic acids is 1. The smallest absolute Gasteiger partial charge is 0.367 e. The Morgan fingerprint density at radius 3 is 2.42 bits per heavy atom. The lowest BCUT2D eigenvalue weighted by atomic mass is 9.91. The highest BCUT2D eigenvalue weighted by atomic mass is 19.4. The Kier molecular flexibility index (Phi) is 6.06. The van der Waals surface area contributed by atoms with Gasteiger partial charge in [0.1, 0.15) is 6.10 Å². The van der Waals surface area contributed by atoms with Crippen molar-refractivity contribution in [3.63, 3.8) is 0 Å². The minimum absolute atomic E-state index is 0.150. The van der Waals surface area contributed by atoms with E-state index in [9.17, 15) is 18.0 Å². The van der Waals surface area contributed by atoms with Crippen molar-refractivity contribution in [3.05, 3.63) is 0 Å². The van der Waals surface area contributed by atoms with E-state index in [1.54, 1.807) is 0 Å². The van der Waals surface area contributed by atoms with Crippen LogP contribution in [0.3, 0.4) is 0 Å². The molecule has 1 rings (SSSR count). The summed E-state index contributed by atoms with van der Waals surface area (Å²) in [7, 11) is 0. The number of hydrogen-bond donors (Lipinski definition) is 1. The number of nitrogens with two attached hydrogens (primary N) is 1. The van der Waals surface area contributed by atoms with E-state index in [0.29, 0.717) is 6.42 Å². The number of rotatable bonds is 8. The van der Waals surface area contributed by atoms with Crippen LogP contribution in [-0.4, -0.2) is 30.6 Å². The maximum absolute atomic E-state index is 11.9. The first-order valence-electron chi connectivity index (χ1n) is 6.51. The minimum Gasteiger partial charge on any atom is -0.367 e. The molecule has 1 unspecified atom stereocenters. The molecule has 0 radical (unpaired) electrons. The molecule has 2 N–H and O–H groups in total. The number of primary amides is 1. The Bertz CT molecular complexity index is 290. The van der Waals surface area contributed by atoms with Gasteiger partial charge in [-0.15, -0.1) is 13.2 Å². The summed E-state index contributed by atoms with van der Waals surface area (Å²) in [4.78, 5) is 11.2. The normalized spacial score (nSPS) is 24.8. The Labute approximate surface area is 110 Å². The second-order valence-corrected chi connectivity index (χ2v) is 4.80. The number of ether oxygens (including phenoxy) is 2. The summed E-state index contributed by atoms with van der Waals surface area (Å²) in [6.07, 6.45) is -2.93. The zero-order valence-electron chi connectivity index (χ0n) is 10.9. The molecule has 0 heterocycles. The van der Waals surface area contributed by atoms with Crippen LogP contribution in [0.25, 0.3) is 0 Å².